The van der Waals surface area contributed by atoms with E-state index in [0.717, 1.165) is 29.1 Å². The lowest BCUT2D eigenvalue weighted by atomic mass is 10.1. The molecule has 0 saturated carbocycles. The first-order valence-electron chi connectivity index (χ1n) is 7.93. The van der Waals surface area contributed by atoms with Crippen molar-refractivity contribution in [3.63, 3.8) is 0 Å². The molecule has 3 rings (SSSR count). The minimum absolute atomic E-state index is 0.00689. The number of hydrogen-bond acceptors (Lipinski definition) is 6. The van der Waals surface area contributed by atoms with Gasteiger partial charge >= 0.3 is 17.6 Å². The van der Waals surface area contributed by atoms with Crippen molar-refractivity contribution in [2.45, 2.75) is 6.18 Å². The molecule has 0 aliphatic heterocycles. The van der Waals surface area contributed by atoms with Gasteiger partial charge < -0.3 is 14.7 Å². The van der Waals surface area contributed by atoms with Gasteiger partial charge in [-0.2, -0.15) is 23.0 Å². The average Bonchev–Trinajstić information content (AvgIpc) is 3.15. The van der Waals surface area contributed by atoms with E-state index in [2.05, 4.69) is 5.10 Å². The Bertz CT molecular complexity index is 1080. The lowest BCUT2D eigenvalue weighted by molar-refractivity contribution is -0.628. The Morgan fingerprint density at radius 2 is 1.93 bits per heavy atom. The van der Waals surface area contributed by atoms with Crippen LogP contribution in [0.5, 0.6) is 11.5 Å². The molecule has 0 spiro atoms. The summed E-state index contributed by atoms with van der Waals surface area (Å²) in [6, 6.07) is 6.05. The van der Waals surface area contributed by atoms with Crippen LogP contribution in [0.3, 0.4) is 0 Å². The van der Waals surface area contributed by atoms with E-state index in [0.29, 0.717) is 0 Å². The van der Waals surface area contributed by atoms with Crippen LogP contribution in [0.4, 0.5) is 18.9 Å². The smallest absolute Gasteiger partial charge is 0.481 e. The maximum atomic E-state index is 13.4. The van der Waals surface area contributed by atoms with Crippen molar-refractivity contribution < 1.29 is 32.3 Å². The van der Waals surface area contributed by atoms with E-state index in [1.807, 2.05) is 0 Å². The Kier molecular flexibility index (Phi) is 5.01. The molecule has 9 nitrogen and oxygen atoms in total. The maximum Gasteiger partial charge on any atom is 0.481 e. The highest BCUT2D eigenvalue weighted by Crippen LogP contribution is 2.41. The van der Waals surface area contributed by atoms with Gasteiger partial charge in [-0.25, -0.2) is 4.68 Å². The van der Waals surface area contributed by atoms with Crippen LogP contribution in [0.2, 0.25) is 0 Å². The summed E-state index contributed by atoms with van der Waals surface area (Å²) in [5.41, 5.74) is -2.24. The number of hydrogen-bond donors (Lipinski definition) is 0. The number of nitro groups is 1. The molecule has 0 aliphatic rings. The molecule has 0 atom stereocenters. The fourth-order valence-corrected chi connectivity index (χ4v) is 2.86. The second-order valence-electron chi connectivity index (χ2n) is 5.68. The second-order valence-corrected chi connectivity index (χ2v) is 5.68. The largest absolute Gasteiger partial charge is 0.618 e. The molecule has 0 fully saturated rings. The Labute approximate surface area is 161 Å². The van der Waals surface area contributed by atoms with E-state index < -0.39 is 28.2 Å². The molecule has 0 saturated heterocycles. The van der Waals surface area contributed by atoms with Gasteiger partial charge in [-0.3, -0.25) is 10.1 Å². The predicted octanol–water partition coefficient (Wildman–Crippen LogP) is 3.12. The standard InChI is InChI=1S/C17H13F3N4O5/c1-28-14-9-10(8-13(24(26)27)15(14)29-2)11-5-6-21-23(11)12-4-3-7-22(25)16(12)17(18,19)20/h3-9H,1-2H3. The van der Waals surface area contributed by atoms with Crippen molar-refractivity contribution >= 4 is 5.69 Å². The van der Waals surface area contributed by atoms with Gasteiger partial charge in [-0.1, -0.05) is 0 Å². The highest BCUT2D eigenvalue weighted by Gasteiger charge is 2.44. The lowest BCUT2D eigenvalue weighted by Gasteiger charge is -2.15. The number of halogens is 3. The number of alkyl halides is 3. The van der Waals surface area contributed by atoms with Crippen molar-refractivity contribution in [3.05, 3.63) is 63.7 Å². The summed E-state index contributed by atoms with van der Waals surface area (Å²) in [4.78, 5) is 10.7. The molecule has 0 unspecified atom stereocenters. The Morgan fingerprint density at radius 3 is 2.52 bits per heavy atom. The Hall–Kier alpha value is -3.83. The number of pyridine rings is 1. The predicted molar refractivity (Wildman–Crippen MR) is 92.7 cm³/mol. The van der Waals surface area contributed by atoms with Crippen molar-refractivity contribution in [2.24, 2.45) is 0 Å². The number of ether oxygens (including phenoxy) is 2. The molecular weight excluding hydrogens is 397 g/mol. The minimum Gasteiger partial charge on any atom is -0.618 e. The quantitative estimate of drug-likeness (QED) is 0.277. The monoisotopic (exact) mass is 410 g/mol. The molecule has 29 heavy (non-hydrogen) atoms. The van der Waals surface area contributed by atoms with Crippen LogP contribution in [-0.4, -0.2) is 28.9 Å². The van der Waals surface area contributed by atoms with Gasteiger partial charge in [0.25, 0.3) is 0 Å². The van der Waals surface area contributed by atoms with E-state index in [1.54, 1.807) is 0 Å². The average molecular weight is 410 g/mol. The third-order valence-electron chi connectivity index (χ3n) is 4.03. The molecule has 2 heterocycles. The fourth-order valence-electron chi connectivity index (χ4n) is 2.86. The summed E-state index contributed by atoms with van der Waals surface area (Å²) < 4.78 is 51.0. The van der Waals surface area contributed by atoms with E-state index in [1.165, 1.54) is 32.5 Å². The minimum atomic E-state index is -4.95. The topological polar surface area (TPSA) is 106 Å². The molecule has 0 radical (unpaired) electrons. The molecule has 152 valence electrons. The van der Waals surface area contributed by atoms with Crippen LogP contribution >= 0.6 is 0 Å². The summed E-state index contributed by atoms with van der Waals surface area (Å²) >= 11 is 0. The van der Waals surface area contributed by atoms with Gasteiger partial charge in [-0.05, 0) is 18.2 Å². The van der Waals surface area contributed by atoms with Crippen LogP contribution in [0.25, 0.3) is 16.9 Å². The number of aromatic nitrogens is 3. The number of methoxy groups -OCH3 is 2. The molecule has 0 bridgehead atoms. The normalized spacial score (nSPS) is 11.3. The summed E-state index contributed by atoms with van der Waals surface area (Å²) in [5, 5.41) is 27.1. The van der Waals surface area contributed by atoms with Crippen LogP contribution in [0.1, 0.15) is 5.69 Å². The maximum absolute atomic E-state index is 13.4. The number of benzene rings is 1. The van der Waals surface area contributed by atoms with Gasteiger partial charge in [0.2, 0.25) is 5.75 Å². The first-order chi connectivity index (χ1) is 13.7. The van der Waals surface area contributed by atoms with Crippen molar-refractivity contribution in [1.29, 1.82) is 0 Å². The van der Waals surface area contributed by atoms with Gasteiger partial charge in [0.1, 0.15) is 5.69 Å². The zero-order chi connectivity index (χ0) is 21.3. The van der Waals surface area contributed by atoms with E-state index >= 15 is 0 Å². The van der Waals surface area contributed by atoms with E-state index in [9.17, 15) is 28.5 Å². The molecule has 0 amide bonds. The Morgan fingerprint density at radius 1 is 1.21 bits per heavy atom. The molecular formula is C17H13F3N4O5. The molecule has 1 aromatic carbocycles. The van der Waals surface area contributed by atoms with Crippen LogP contribution in [-0.2, 0) is 6.18 Å². The molecule has 2 aromatic heterocycles. The third kappa shape index (κ3) is 3.51. The molecule has 12 heteroatoms. The van der Waals surface area contributed by atoms with Crippen molar-refractivity contribution in [3.8, 4) is 28.4 Å². The van der Waals surface area contributed by atoms with Crippen LogP contribution in [0.15, 0.2) is 42.7 Å². The summed E-state index contributed by atoms with van der Waals surface area (Å²) in [5.74, 6) is -0.132. The number of nitrogens with zero attached hydrogens (tertiary/aromatic N) is 4. The van der Waals surface area contributed by atoms with Gasteiger partial charge in [0.15, 0.2) is 11.9 Å². The number of rotatable bonds is 5. The van der Waals surface area contributed by atoms with Crippen LogP contribution < -0.4 is 14.2 Å². The van der Waals surface area contributed by atoms with Gasteiger partial charge in [0.05, 0.1) is 31.0 Å². The van der Waals surface area contributed by atoms with Gasteiger partial charge in [0, 0.05) is 17.7 Å². The zero-order valence-electron chi connectivity index (χ0n) is 15.0. The first kappa shape index (κ1) is 19.9. The Balaban J connectivity index is 2.28. The third-order valence-corrected chi connectivity index (χ3v) is 4.03. The summed E-state index contributed by atoms with van der Waals surface area (Å²) in [6.07, 6.45) is -3.03. The SMILES string of the molecule is COc1cc(-c2ccnn2-c2ccc[n+]([O-])c2C(F)(F)F)cc([N+](=O)[O-])c1OC. The lowest BCUT2D eigenvalue weighted by Crippen LogP contribution is -2.38. The second kappa shape index (κ2) is 7.30. The molecule has 3 aromatic rings. The zero-order valence-corrected chi connectivity index (χ0v) is 15.0. The van der Waals surface area contributed by atoms with E-state index in [-0.39, 0.29) is 27.5 Å². The van der Waals surface area contributed by atoms with E-state index in [4.69, 9.17) is 9.47 Å². The summed E-state index contributed by atoms with van der Waals surface area (Å²) in [6.45, 7) is 0. The highest BCUT2D eigenvalue weighted by molar-refractivity contribution is 5.72. The van der Waals surface area contributed by atoms with Gasteiger partial charge in [-0.15, -0.1) is 0 Å². The number of nitro benzene ring substituents is 1. The highest BCUT2D eigenvalue weighted by atomic mass is 19.4. The van der Waals surface area contributed by atoms with Crippen molar-refractivity contribution in [2.75, 3.05) is 14.2 Å². The fraction of sp³-hybridized carbons (Fsp3) is 0.176. The van der Waals surface area contributed by atoms with Crippen LogP contribution in [0, 0.1) is 15.3 Å². The molecule has 0 N–H and O–H groups in total. The molecule has 0 aliphatic carbocycles. The first-order valence-corrected chi connectivity index (χ1v) is 7.93. The van der Waals surface area contributed by atoms with Crippen molar-refractivity contribution in [1.82, 2.24) is 9.78 Å². The summed E-state index contributed by atoms with van der Waals surface area (Å²) in [7, 11) is 2.49.